The first-order chi connectivity index (χ1) is 6.31. The molecule has 1 aliphatic rings. The zero-order chi connectivity index (χ0) is 10.9. The van der Waals surface area contributed by atoms with Crippen LogP contribution in [0.1, 0.15) is 13.8 Å². The van der Waals surface area contributed by atoms with E-state index < -0.39 is 10.1 Å². The number of hydrazine groups is 1. The lowest BCUT2D eigenvalue weighted by Crippen LogP contribution is -2.39. The van der Waals surface area contributed by atoms with Gasteiger partial charge in [-0.1, -0.05) is 0 Å². The maximum Gasteiger partial charge on any atom is 0.266 e. The zero-order valence-corrected chi connectivity index (χ0v) is 9.45. The number of hydrogen-bond donors (Lipinski definition) is 2. The third kappa shape index (κ3) is 2.89. The first kappa shape index (κ1) is 11.9. The van der Waals surface area contributed by atoms with Crippen molar-refractivity contribution in [1.29, 1.82) is 0 Å². The van der Waals surface area contributed by atoms with Gasteiger partial charge in [-0.15, -0.1) is 0 Å². The van der Waals surface area contributed by atoms with E-state index in [9.17, 15) is 8.42 Å². The van der Waals surface area contributed by atoms with Gasteiger partial charge >= 0.3 is 0 Å². The molecule has 6 nitrogen and oxygen atoms in total. The van der Waals surface area contributed by atoms with Crippen LogP contribution in [0.2, 0.25) is 0 Å². The fraction of sp³-hybridized carbons (Fsp3) is 1.00. The van der Waals surface area contributed by atoms with Gasteiger partial charge in [0.05, 0.1) is 18.1 Å². The number of nitrogens with zero attached hydrogens (tertiary/aromatic N) is 2. The Morgan fingerprint density at radius 2 is 2.00 bits per heavy atom. The molecular formula is C7H17N3O3S. The largest absolute Gasteiger partial charge is 0.286 e. The molecule has 7 heteroatoms. The van der Waals surface area contributed by atoms with E-state index in [4.69, 9.17) is 4.55 Å². The van der Waals surface area contributed by atoms with Gasteiger partial charge in [0.15, 0.2) is 0 Å². The molecule has 0 aromatic carbocycles. The Bertz CT molecular complexity index is 293. The van der Waals surface area contributed by atoms with Gasteiger partial charge < -0.3 is 0 Å². The maximum atomic E-state index is 10.6. The minimum absolute atomic E-state index is 0.0942. The van der Waals surface area contributed by atoms with Crippen LogP contribution in [0.5, 0.6) is 0 Å². The molecular weight excluding hydrogens is 206 g/mol. The maximum absolute atomic E-state index is 10.6. The van der Waals surface area contributed by atoms with Crippen molar-refractivity contribution in [3.8, 4) is 0 Å². The lowest BCUT2D eigenvalue weighted by molar-refractivity contribution is 0.159. The van der Waals surface area contributed by atoms with E-state index >= 15 is 0 Å². The molecule has 0 amide bonds. The third-order valence-corrected chi connectivity index (χ3v) is 3.23. The molecule has 0 aromatic heterocycles. The summed E-state index contributed by atoms with van der Waals surface area (Å²) in [5, 5.41) is 1.91. The van der Waals surface area contributed by atoms with Crippen molar-refractivity contribution in [3.05, 3.63) is 0 Å². The Labute approximate surface area is 84.6 Å². The summed E-state index contributed by atoms with van der Waals surface area (Å²) in [7, 11) is -1.97. The predicted molar refractivity (Wildman–Crippen MR) is 52.9 cm³/mol. The molecule has 0 radical (unpaired) electrons. The van der Waals surface area contributed by atoms with E-state index in [1.165, 1.54) is 0 Å². The van der Waals surface area contributed by atoms with Crippen molar-refractivity contribution in [3.63, 3.8) is 0 Å². The minimum Gasteiger partial charge on any atom is -0.286 e. The molecule has 2 atom stereocenters. The van der Waals surface area contributed by atoms with Gasteiger partial charge in [0.2, 0.25) is 0 Å². The first-order valence-corrected chi connectivity index (χ1v) is 6.12. The highest BCUT2D eigenvalue weighted by atomic mass is 32.2. The lowest BCUT2D eigenvalue weighted by atomic mass is 10.4. The highest BCUT2D eigenvalue weighted by Crippen LogP contribution is 2.13. The highest BCUT2D eigenvalue weighted by Gasteiger charge is 2.31. The Balaban J connectivity index is 2.52. The summed E-state index contributed by atoms with van der Waals surface area (Å²) >= 11 is 0. The average molecular weight is 223 g/mol. The quantitative estimate of drug-likeness (QED) is 0.618. The van der Waals surface area contributed by atoms with Crippen LogP contribution >= 0.6 is 0 Å². The van der Waals surface area contributed by atoms with Crippen LogP contribution < -0.4 is 5.43 Å². The van der Waals surface area contributed by atoms with Crippen molar-refractivity contribution in [2.45, 2.75) is 26.2 Å². The van der Waals surface area contributed by atoms with Crippen molar-refractivity contribution in [1.82, 2.24) is 15.3 Å². The molecule has 1 rings (SSSR count). The summed E-state index contributed by atoms with van der Waals surface area (Å²) in [4.78, 5) is 1.97. The van der Waals surface area contributed by atoms with E-state index in [1.807, 2.05) is 30.8 Å². The second kappa shape index (κ2) is 4.11. The summed E-state index contributed by atoms with van der Waals surface area (Å²) in [6.07, 6.45) is 0.225. The molecule has 1 heterocycles. The molecule has 0 saturated carbocycles. The average Bonchev–Trinajstić information content (AvgIpc) is 2.23. The smallest absolute Gasteiger partial charge is 0.266 e. The second-order valence-electron chi connectivity index (χ2n) is 3.57. The molecule has 14 heavy (non-hydrogen) atoms. The van der Waals surface area contributed by atoms with Crippen molar-refractivity contribution >= 4 is 10.1 Å². The predicted octanol–water partition coefficient (Wildman–Crippen LogP) is -0.682. The normalized spacial score (nSPS) is 31.1. The molecule has 0 spiro atoms. The van der Waals surface area contributed by atoms with Crippen LogP contribution in [0.25, 0.3) is 0 Å². The van der Waals surface area contributed by atoms with Crippen molar-refractivity contribution < 1.29 is 13.0 Å². The Kier molecular flexibility index (Phi) is 3.49. The van der Waals surface area contributed by atoms with Crippen LogP contribution in [0.4, 0.5) is 0 Å². The standard InChI is InChI=1S/C7H17N3O3S/c1-6-8-9(3)7(2)10(6)4-5-14(11,12)13/h6-8H,4-5H2,1-3H3,(H,11,12,13). The van der Waals surface area contributed by atoms with Crippen LogP contribution in [0, 0.1) is 0 Å². The molecule has 2 unspecified atom stereocenters. The van der Waals surface area contributed by atoms with Gasteiger partial charge in [0.25, 0.3) is 10.1 Å². The van der Waals surface area contributed by atoms with Gasteiger partial charge in [0, 0.05) is 13.6 Å². The molecule has 84 valence electrons. The lowest BCUT2D eigenvalue weighted by Gasteiger charge is -2.24. The number of hydrogen-bond acceptors (Lipinski definition) is 5. The van der Waals surface area contributed by atoms with Crippen LogP contribution in [0.3, 0.4) is 0 Å². The van der Waals surface area contributed by atoms with Crippen molar-refractivity contribution in [2.24, 2.45) is 0 Å². The number of rotatable bonds is 3. The summed E-state index contributed by atoms with van der Waals surface area (Å²) in [6, 6.07) is 0. The minimum atomic E-state index is -3.86. The van der Waals surface area contributed by atoms with Gasteiger partial charge in [-0.3, -0.25) is 9.45 Å². The Morgan fingerprint density at radius 3 is 2.36 bits per heavy atom. The fourth-order valence-corrected chi connectivity index (χ4v) is 2.07. The summed E-state index contributed by atoms with van der Waals surface area (Å²) in [5.41, 5.74) is 3.14. The van der Waals surface area contributed by atoms with E-state index in [1.54, 1.807) is 0 Å². The first-order valence-electron chi connectivity index (χ1n) is 4.51. The zero-order valence-electron chi connectivity index (χ0n) is 8.64. The molecule has 0 aromatic rings. The molecule has 1 saturated heterocycles. The highest BCUT2D eigenvalue weighted by molar-refractivity contribution is 7.85. The van der Waals surface area contributed by atoms with Crippen molar-refractivity contribution in [2.75, 3.05) is 19.3 Å². The SMILES string of the molecule is CC1NN(C)C(C)N1CCS(=O)(=O)O. The van der Waals surface area contributed by atoms with Gasteiger partial charge in [-0.25, -0.2) is 10.4 Å². The second-order valence-corrected chi connectivity index (χ2v) is 5.14. The summed E-state index contributed by atoms with van der Waals surface area (Å²) in [5.74, 6) is -0.225. The van der Waals surface area contributed by atoms with E-state index in [-0.39, 0.29) is 18.1 Å². The number of nitrogens with one attached hydrogen (secondary N) is 1. The van der Waals surface area contributed by atoms with E-state index in [2.05, 4.69) is 5.43 Å². The fourth-order valence-electron chi connectivity index (χ4n) is 1.62. The monoisotopic (exact) mass is 223 g/mol. The van der Waals surface area contributed by atoms with E-state index in [0.29, 0.717) is 6.54 Å². The molecule has 1 fully saturated rings. The molecule has 0 aliphatic carbocycles. The van der Waals surface area contributed by atoms with Crippen LogP contribution in [0.15, 0.2) is 0 Å². The van der Waals surface area contributed by atoms with Crippen LogP contribution in [-0.4, -0.2) is 54.6 Å². The molecule has 1 aliphatic heterocycles. The molecule has 0 bridgehead atoms. The third-order valence-electron chi connectivity index (χ3n) is 2.54. The van der Waals surface area contributed by atoms with Crippen LogP contribution in [-0.2, 0) is 10.1 Å². The van der Waals surface area contributed by atoms with E-state index in [0.717, 1.165) is 0 Å². The molecule has 2 N–H and O–H groups in total. The Hall–Kier alpha value is -0.210. The van der Waals surface area contributed by atoms with Gasteiger partial charge in [-0.05, 0) is 13.8 Å². The summed E-state index contributed by atoms with van der Waals surface area (Å²) in [6.45, 7) is 4.25. The Morgan fingerprint density at radius 1 is 1.43 bits per heavy atom. The van der Waals surface area contributed by atoms with Gasteiger partial charge in [-0.2, -0.15) is 8.42 Å². The summed E-state index contributed by atoms with van der Waals surface area (Å²) < 4.78 is 29.8. The van der Waals surface area contributed by atoms with Gasteiger partial charge in [0.1, 0.15) is 0 Å². The topological polar surface area (TPSA) is 72.9 Å².